The highest BCUT2D eigenvalue weighted by Crippen LogP contribution is 2.42. The minimum Gasteiger partial charge on any atom is -0.376 e. The summed E-state index contributed by atoms with van der Waals surface area (Å²) >= 11 is 6.93. The number of anilines is 1. The number of sulfone groups is 1. The Bertz CT molecular complexity index is 570. The Morgan fingerprint density at radius 3 is 2.67 bits per heavy atom. The molecular formula is C12H13NO2S3. The zero-order valence-corrected chi connectivity index (χ0v) is 12.0. The summed E-state index contributed by atoms with van der Waals surface area (Å²) in [4.78, 5) is 0. The Labute approximate surface area is 116 Å². The molecule has 2 aliphatic heterocycles. The van der Waals surface area contributed by atoms with Gasteiger partial charge in [-0.05, 0) is 12.1 Å². The van der Waals surface area contributed by atoms with E-state index in [9.17, 15) is 8.42 Å². The van der Waals surface area contributed by atoms with Gasteiger partial charge in [-0.15, -0.1) is 11.8 Å². The molecule has 0 aliphatic carbocycles. The molecule has 3 atom stereocenters. The van der Waals surface area contributed by atoms with E-state index in [-0.39, 0.29) is 28.7 Å². The van der Waals surface area contributed by atoms with Crippen LogP contribution in [-0.2, 0) is 9.84 Å². The van der Waals surface area contributed by atoms with Crippen molar-refractivity contribution in [3.8, 4) is 0 Å². The second-order valence-electron chi connectivity index (χ2n) is 4.70. The SMILES string of the molecule is O=S1(=O)CC2SC(=S)C(Nc3ccccc3)C2C1. The van der Waals surface area contributed by atoms with E-state index in [2.05, 4.69) is 5.32 Å². The van der Waals surface area contributed by atoms with Crippen molar-refractivity contribution in [1.82, 2.24) is 0 Å². The number of thiocarbonyl (C=S) groups is 1. The minimum absolute atomic E-state index is 0.00493. The number of hydrogen-bond donors (Lipinski definition) is 1. The number of fused-ring (bicyclic) bond motifs is 1. The lowest BCUT2D eigenvalue weighted by Gasteiger charge is -2.19. The summed E-state index contributed by atoms with van der Waals surface area (Å²) in [6.45, 7) is 0. The first-order chi connectivity index (χ1) is 8.55. The van der Waals surface area contributed by atoms with E-state index < -0.39 is 9.84 Å². The highest BCUT2D eigenvalue weighted by atomic mass is 32.2. The van der Waals surface area contributed by atoms with Crippen molar-refractivity contribution in [2.24, 2.45) is 5.92 Å². The fourth-order valence-corrected chi connectivity index (χ4v) is 7.17. The van der Waals surface area contributed by atoms with Gasteiger partial charge in [0.05, 0.1) is 21.7 Å². The van der Waals surface area contributed by atoms with Crippen LogP contribution in [0.15, 0.2) is 30.3 Å². The van der Waals surface area contributed by atoms with E-state index in [4.69, 9.17) is 12.2 Å². The summed E-state index contributed by atoms with van der Waals surface area (Å²) in [5.41, 5.74) is 0.996. The normalized spacial score (nSPS) is 33.3. The maximum Gasteiger partial charge on any atom is 0.151 e. The molecular weight excluding hydrogens is 286 g/mol. The van der Waals surface area contributed by atoms with Gasteiger partial charge in [0.25, 0.3) is 0 Å². The van der Waals surface area contributed by atoms with Gasteiger partial charge in [0, 0.05) is 16.9 Å². The molecule has 3 rings (SSSR count). The van der Waals surface area contributed by atoms with Gasteiger partial charge in [-0.2, -0.15) is 0 Å². The summed E-state index contributed by atoms with van der Waals surface area (Å²) in [5.74, 6) is 0.651. The van der Waals surface area contributed by atoms with Crippen LogP contribution >= 0.6 is 24.0 Å². The minimum atomic E-state index is -2.87. The summed E-state index contributed by atoms with van der Waals surface area (Å²) in [6, 6.07) is 9.81. The smallest absolute Gasteiger partial charge is 0.151 e. The molecule has 18 heavy (non-hydrogen) atoms. The van der Waals surface area contributed by atoms with Crippen molar-refractivity contribution in [3.05, 3.63) is 30.3 Å². The fraction of sp³-hybridized carbons (Fsp3) is 0.417. The van der Waals surface area contributed by atoms with Crippen molar-refractivity contribution in [2.75, 3.05) is 16.8 Å². The van der Waals surface area contributed by atoms with Gasteiger partial charge in [-0.25, -0.2) is 8.42 Å². The van der Waals surface area contributed by atoms with Gasteiger partial charge in [0.1, 0.15) is 0 Å². The predicted octanol–water partition coefficient (Wildman–Crippen LogP) is 1.95. The zero-order valence-electron chi connectivity index (χ0n) is 9.57. The van der Waals surface area contributed by atoms with Crippen LogP contribution in [0.25, 0.3) is 0 Å². The van der Waals surface area contributed by atoms with Crippen molar-refractivity contribution < 1.29 is 8.42 Å². The Kier molecular flexibility index (Phi) is 3.11. The molecule has 0 saturated carbocycles. The summed E-state index contributed by atoms with van der Waals surface area (Å²) < 4.78 is 24.2. The van der Waals surface area contributed by atoms with Gasteiger partial charge in [-0.3, -0.25) is 0 Å². The van der Waals surface area contributed by atoms with E-state index in [0.717, 1.165) is 9.88 Å². The standard InChI is InChI=1S/C12H13NO2S3/c14-18(15)6-9-10(7-18)17-12(16)11(9)13-8-4-2-1-3-5-8/h1-5,9-11,13H,6-7H2. The number of thioether (sulfide) groups is 1. The first-order valence-corrected chi connectivity index (χ1v) is 8.89. The Balaban J connectivity index is 1.82. The summed E-state index contributed by atoms with van der Waals surface area (Å²) in [5, 5.41) is 3.52. The second kappa shape index (κ2) is 4.51. The molecule has 3 unspecified atom stereocenters. The molecule has 0 aromatic heterocycles. The molecule has 1 aromatic rings. The van der Waals surface area contributed by atoms with Crippen LogP contribution in [0.1, 0.15) is 0 Å². The van der Waals surface area contributed by atoms with Gasteiger partial charge < -0.3 is 5.32 Å². The molecule has 2 aliphatic rings. The number of nitrogens with one attached hydrogen (secondary N) is 1. The van der Waals surface area contributed by atoms with Crippen LogP contribution in [0, 0.1) is 5.92 Å². The van der Waals surface area contributed by atoms with E-state index in [1.165, 1.54) is 0 Å². The predicted molar refractivity (Wildman–Crippen MR) is 80.0 cm³/mol. The lowest BCUT2D eigenvalue weighted by Crippen LogP contribution is -2.32. The summed E-state index contributed by atoms with van der Waals surface area (Å²) in [6.07, 6.45) is 0. The molecule has 1 N–H and O–H groups in total. The molecule has 2 heterocycles. The maximum atomic E-state index is 11.7. The largest absolute Gasteiger partial charge is 0.376 e. The molecule has 0 bridgehead atoms. The van der Waals surface area contributed by atoms with E-state index in [1.54, 1.807) is 11.8 Å². The van der Waals surface area contributed by atoms with Gasteiger partial charge in [0.2, 0.25) is 0 Å². The van der Waals surface area contributed by atoms with Crippen LogP contribution in [0.4, 0.5) is 5.69 Å². The quantitative estimate of drug-likeness (QED) is 0.846. The third-order valence-corrected chi connectivity index (χ3v) is 7.21. The molecule has 3 nitrogen and oxygen atoms in total. The van der Waals surface area contributed by atoms with E-state index >= 15 is 0 Å². The van der Waals surface area contributed by atoms with Gasteiger partial charge in [-0.1, -0.05) is 30.4 Å². The van der Waals surface area contributed by atoms with Crippen molar-refractivity contribution in [2.45, 2.75) is 11.3 Å². The Morgan fingerprint density at radius 1 is 1.22 bits per heavy atom. The number of hydrogen-bond acceptors (Lipinski definition) is 5. The molecule has 2 saturated heterocycles. The van der Waals surface area contributed by atoms with Gasteiger partial charge >= 0.3 is 0 Å². The van der Waals surface area contributed by atoms with Crippen LogP contribution in [0.3, 0.4) is 0 Å². The molecule has 1 aromatic carbocycles. The van der Waals surface area contributed by atoms with Crippen molar-refractivity contribution in [3.63, 3.8) is 0 Å². The number of benzene rings is 1. The average molecular weight is 299 g/mol. The zero-order chi connectivity index (χ0) is 12.8. The Hall–Kier alpha value is -0.590. The number of para-hydroxylation sites is 1. The molecule has 6 heteroatoms. The first kappa shape index (κ1) is 12.4. The molecule has 0 radical (unpaired) electrons. The monoisotopic (exact) mass is 299 g/mol. The molecule has 0 spiro atoms. The van der Waals surface area contributed by atoms with Crippen LogP contribution in [0.2, 0.25) is 0 Å². The fourth-order valence-electron chi connectivity index (χ4n) is 2.55. The third-order valence-electron chi connectivity index (χ3n) is 3.39. The topological polar surface area (TPSA) is 46.2 Å². The first-order valence-electron chi connectivity index (χ1n) is 5.78. The average Bonchev–Trinajstić information content (AvgIpc) is 2.74. The van der Waals surface area contributed by atoms with E-state index in [1.807, 2.05) is 30.3 Å². The lowest BCUT2D eigenvalue weighted by molar-refractivity contribution is 0.588. The Morgan fingerprint density at radius 2 is 1.94 bits per heavy atom. The highest BCUT2D eigenvalue weighted by Gasteiger charge is 2.49. The maximum absolute atomic E-state index is 11.7. The van der Waals surface area contributed by atoms with E-state index in [0.29, 0.717) is 0 Å². The van der Waals surface area contributed by atoms with Gasteiger partial charge in [0.15, 0.2) is 9.84 Å². The number of rotatable bonds is 2. The van der Waals surface area contributed by atoms with Crippen LogP contribution in [0.5, 0.6) is 0 Å². The third kappa shape index (κ3) is 2.29. The van der Waals surface area contributed by atoms with Crippen LogP contribution < -0.4 is 5.32 Å². The second-order valence-corrected chi connectivity index (χ2v) is 8.84. The molecule has 0 amide bonds. The van der Waals surface area contributed by atoms with Crippen LogP contribution in [-0.4, -0.2) is 35.4 Å². The highest BCUT2D eigenvalue weighted by molar-refractivity contribution is 8.24. The van der Waals surface area contributed by atoms with Crippen molar-refractivity contribution in [1.29, 1.82) is 0 Å². The van der Waals surface area contributed by atoms with Crippen molar-refractivity contribution >= 4 is 43.7 Å². The molecule has 2 fully saturated rings. The molecule has 96 valence electrons. The lowest BCUT2D eigenvalue weighted by atomic mass is 10.0. The summed E-state index contributed by atoms with van der Waals surface area (Å²) in [7, 11) is -2.87.